The first-order valence-electron chi connectivity index (χ1n) is 6.54. The molecule has 2 nitrogen and oxygen atoms in total. The fraction of sp³-hybridized carbons (Fsp3) is 0.312. The molecule has 0 atom stereocenters. The van der Waals surface area contributed by atoms with Gasteiger partial charge in [0.05, 0.1) is 12.2 Å². The van der Waals surface area contributed by atoms with Crippen molar-refractivity contribution in [1.29, 1.82) is 0 Å². The zero-order valence-electron chi connectivity index (χ0n) is 11.1. The SMILES string of the molecule is CCCc1ccccc1NCc1cccc(C)n1. The van der Waals surface area contributed by atoms with Crippen LogP contribution in [0.2, 0.25) is 0 Å². The van der Waals surface area contributed by atoms with E-state index in [1.54, 1.807) is 0 Å². The summed E-state index contributed by atoms with van der Waals surface area (Å²) in [6.45, 7) is 5.01. The standard InChI is InChI=1S/C16H20N2/c1-3-7-14-9-4-5-11-16(14)17-12-15-10-6-8-13(2)18-15/h4-6,8-11,17H,3,7,12H2,1-2H3. The van der Waals surface area contributed by atoms with Gasteiger partial charge in [-0.1, -0.05) is 37.6 Å². The van der Waals surface area contributed by atoms with Crippen LogP contribution in [0, 0.1) is 6.92 Å². The lowest BCUT2D eigenvalue weighted by Gasteiger charge is -2.11. The summed E-state index contributed by atoms with van der Waals surface area (Å²) in [6.07, 6.45) is 2.28. The second-order valence-electron chi connectivity index (χ2n) is 4.53. The van der Waals surface area contributed by atoms with E-state index in [1.165, 1.54) is 17.7 Å². The molecule has 0 saturated heterocycles. The highest BCUT2D eigenvalue weighted by atomic mass is 14.9. The third-order valence-corrected chi connectivity index (χ3v) is 2.94. The Morgan fingerprint density at radius 3 is 2.67 bits per heavy atom. The Morgan fingerprint density at radius 1 is 1.06 bits per heavy atom. The minimum Gasteiger partial charge on any atom is -0.379 e. The second-order valence-corrected chi connectivity index (χ2v) is 4.53. The highest BCUT2D eigenvalue weighted by Crippen LogP contribution is 2.17. The van der Waals surface area contributed by atoms with Gasteiger partial charge in [0.25, 0.3) is 0 Å². The molecule has 0 unspecified atom stereocenters. The molecule has 0 aliphatic heterocycles. The molecular weight excluding hydrogens is 220 g/mol. The van der Waals surface area contributed by atoms with E-state index >= 15 is 0 Å². The summed E-state index contributed by atoms with van der Waals surface area (Å²) in [5, 5.41) is 3.48. The Hall–Kier alpha value is -1.83. The Bertz CT molecular complexity index is 506. The Labute approximate surface area is 109 Å². The molecule has 2 aromatic rings. The van der Waals surface area contributed by atoms with E-state index < -0.39 is 0 Å². The molecule has 0 saturated carbocycles. The molecule has 0 spiro atoms. The molecule has 1 heterocycles. The average Bonchev–Trinajstić information content (AvgIpc) is 2.38. The normalized spacial score (nSPS) is 10.3. The quantitative estimate of drug-likeness (QED) is 0.855. The molecule has 0 aliphatic carbocycles. The molecule has 0 bridgehead atoms. The number of aromatic nitrogens is 1. The molecule has 0 fully saturated rings. The van der Waals surface area contributed by atoms with Gasteiger partial charge >= 0.3 is 0 Å². The summed E-state index contributed by atoms with van der Waals surface area (Å²) < 4.78 is 0. The topological polar surface area (TPSA) is 24.9 Å². The first kappa shape index (κ1) is 12.6. The number of hydrogen-bond acceptors (Lipinski definition) is 2. The predicted molar refractivity (Wildman–Crippen MR) is 76.7 cm³/mol. The van der Waals surface area contributed by atoms with Crippen molar-refractivity contribution < 1.29 is 0 Å². The van der Waals surface area contributed by atoms with E-state index in [0.29, 0.717) is 0 Å². The van der Waals surface area contributed by atoms with Crippen LogP contribution in [0.4, 0.5) is 5.69 Å². The van der Waals surface area contributed by atoms with Crippen molar-refractivity contribution in [3.63, 3.8) is 0 Å². The summed E-state index contributed by atoms with van der Waals surface area (Å²) in [7, 11) is 0. The Balaban J connectivity index is 2.06. The third kappa shape index (κ3) is 3.33. The lowest BCUT2D eigenvalue weighted by molar-refractivity contribution is 0.917. The molecular formula is C16H20N2. The number of pyridine rings is 1. The zero-order valence-corrected chi connectivity index (χ0v) is 11.1. The Morgan fingerprint density at radius 2 is 1.89 bits per heavy atom. The summed E-state index contributed by atoms with van der Waals surface area (Å²) >= 11 is 0. The molecule has 1 aromatic carbocycles. The first-order valence-corrected chi connectivity index (χ1v) is 6.54. The van der Waals surface area contributed by atoms with E-state index in [2.05, 4.69) is 53.6 Å². The number of aryl methyl sites for hydroxylation is 2. The lowest BCUT2D eigenvalue weighted by Crippen LogP contribution is -2.04. The first-order chi connectivity index (χ1) is 8.79. The Kier molecular flexibility index (Phi) is 4.35. The van der Waals surface area contributed by atoms with Crippen LogP contribution in [0.1, 0.15) is 30.3 Å². The predicted octanol–water partition coefficient (Wildman–Crippen LogP) is 3.95. The van der Waals surface area contributed by atoms with Crippen LogP contribution in [0.5, 0.6) is 0 Å². The van der Waals surface area contributed by atoms with Gasteiger partial charge < -0.3 is 5.32 Å². The summed E-state index contributed by atoms with van der Waals surface area (Å²) in [6, 6.07) is 14.6. The molecule has 1 N–H and O–H groups in total. The highest BCUT2D eigenvalue weighted by Gasteiger charge is 2.01. The lowest BCUT2D eigenvalue weighted by atomic mass is 10.1. The van der Waals surface area contributed by atoms with E-state index in [4.69, 9.17) is 0 Å². The highest BCUT2D eigenvalue weighted by molar-refractivity contribution is 5.51. The van der Waals surface area contributed by atoms with Crippen LogP contribution in [-0.2, 0) is 13.0 Å². The van der Waals surface area contributed by atoms with E-state index in [0.717, 1.165) is 24.4 Å². The number of para-hydroxylation sites is 1. The zero-order chi connectivity index (χ0) is 12.8. The van der Waals surface area contributed by atoms with Crippen LogP contribution < -0.4 is 5.32 Å². The van der Waals surface area contributed by atoms with Gasteiger partial charge in [0, 0.05) is 11.4 Å². The van der Waals surface area contributed by atoms with Crippen molar-refractivity contribution in [1.82, 2.24) is 4.98 Å². The number of anilines is 1. The summed E-state index contributed by atoms with van der Waals surface area (Å²) in [5.41, 5.74) is 4.76. The largest absolute Gasteiger partial charge is 0.379 e. The second kappa shape index (κ2) is 6.20. The van der Waals surface area contributed by atoms with Gasteiger partial charge in [-0.25, -0.2) is 0 Å². The van der Waals surface area contributed by atoms with Crippen molar-refractivity contribution in [3.05, 3.63) is 59.4 Å². The fourth-order valence-electron chi connectivity index (χ4n) is 2.06. The summed E-state index contributed by atoms with van der Waals surface area (Å²) in [5.74, 6) is 0. The average molecular weight is 240 g/mol. The van der Waals surface area contributed by atoms with E-state index in [-0.39, 0.29) is 0 Å². The maximum Gasteiger partial charge on any atom is 0.0597 e. The van der Waals surface area contributed by atoms with Crippen molar-refractivity contribution >= 4 is 5.69 Å². The number of hydrogen-bond donors (Lipinski definition) is 1. The number of nitrogens with zero attached hydrogens (tertiary/aromatic N) is 1. The summed E-state index contributed by atoms with van der Waals surface area (Å²) in [4.78, 5) is 4.50. The van der Waals surface area contributed by atoms with Gasteiger partial charge in [-0.3, -0.25) is 4.98 Å². The van der Waals surface area contributed by atoms with Crippen LogP contribution in [0.3, 0.4) is 0 Å². The maximum absolute atomic E-state index is 4.50. The van der Waals surface area contributed by atoms with Gasteiger partial charge in [0.15, 0.2) is 0 Å². The van der Waals surface area contributed by atoms with Crippen molar-refractivity contribution in [2.24, 2.45) is 0 Å². The van der Waals surface area contributed by atoms with E-state index in [1.807, 2.05) is 13.0 Å². The maximum atomic E-state index is 4.50. The molecule has 2 rings (SSSR count). The van der Waals surface area contributed by atoms with Crippen LogP contribution in [0.25, 0.3) is 0 Å². The molecule has 1 aromatic heterocycles. The fourth-order valence-corrected chi connectivity index (χ4v) is 2.06. The van der Waals surface area contributed by atoms with Gasteiger partial charge in [-0.05, 0) is 37.1 Å². The van der Waals surface area contributed by atoms with Gasteiger partial charge in [-0.2, -0.15) is 0 Å². The molecule has 94 valence electrons. The number of nitrogens with one attached hydrogen (secondary N) is 1. The number of benzene rings is 1. The minimum absolute atomic E-state index is 0.780. The van der Waals surface area contributed by atoms with Crippen molar-refractivity contribution in [2.45, 2.75) is 33.2 Å². The molecule has 0 radical (unpaired) electrons. The van der Waals surface area contributed by atoms with Gasteiger partial charge in [0.1, 0.15) is 0 Å². The van der Waals surface area contributed by atoms with Crippen molar-refractivity contribution in [3.8, 4) is 0 Å². The monoisotopic (exact) mass is 240 g/mol. The molecule has 0 aliphatic rings. The van der Waals surface area contributed by atoms with E-state index in [9.17, 15) is 0 Å². The molecule has 0 amide bonds. The number of rotatable bonds is 5. The smallest absolute Gasteiger partial charge is 0.0597 e. The van der Waals surface area contributed by atoms with Gasteiger partial charge in [-0.15, -0.1) is 0 Å². The minimum atomic E-state index is 0.780. The third-order valence-electron chi connectivity index (χ3n) is 2.94. The van der Waals surface area contributed by atoms with Crippen molar-refractivity contribution in [2.75, 3.05) is 5.32 Å². The van der Waals surface area contributed by atoms with Crippen LogP contribution in [0.15, 0.2) is 42.5 Å². The molecule has 18 heavy (non-hydrogen) atoms. The van der Waals surface area contributed by atoms with Gasteiger partial charge in [0.2, 0.25) is 0 Å². The van der Waals surface area contributed by atoms with Crippen LogP contribution in [-0.4, -0.2) is 4.98 Å². The van der Waals surface area contributed by atoms with Crippen LogP contribution >= 0.6 is 0 Å². The molecule has 2 heteroatoms.